The minimum Gasteiger partial charge on any atom is -0.352 e. The van der Waals surface area contributed by atoms with Crippen LogP contribution in [0.5, 0.6) is 0 Å². The van der Waals surface area contributed by atoms with Crippen molar-refractivity contribution >= 4 is 23.6 Å². The SMILES string of the molecule is O=C(CC1CCCC1)N1CC(Cc2ccccc2F)(C(=O)NC2CCSC2)C1. The first kappa shape index (κ1) is 19.7. The van der Waals surface area contributed by atoms with E-state index in [0.717, 1.165) is 30.8 Å². The van der Waals surface area contributed by atoms with Crippen molar-refractivity contribution in [2.24, 2.45) is 11.3 Å². The predicted molar refractivity (Wildman–Crippen MR) is 110 cm³/mol. The Bertz CT molecular complexity index is 723. The molecule has 0 bridgehead atoms. The Balaban J connectivity index is 1.44. The van der Waals surface area contributed by atoms with E-state index in [0.29, 0.717) is 37.4 Å². The number of rotatable bonds is 6. The Kier molecular flexibility index (Phi) is 5.95. The van der Waals surface area contributed by atoms with Gasteiger partial charge in [0.05, 0.1) is 5.41 Å². The molecule has 2 aliphatic heterocycles. The molecular formula is C22H29FN2O2S. The summed E-state index contributed by atoms with van der Waals surface area (Å²) < 4.78 is 14.3. The fourth-order valence-corrected chi connectivity index (χ4v) is 5.93. The number of benzene rings is 1. The Morgan fingerprint density at radius 3 is 2.61 bits per heavy atom. The number of carbonyl (C=O) groups is 2. The summed E-state index contributed by atoms with van der Waals surface area (Å²) in [6.07, 6.45) is 6.64. The second-order valence-electron chi connectivity index (χ2n) is 8.69. The average molecular weight is 405 g/mol. The van der Waals surface area contributed by atoms with Crippen LogP contribution < -0.4 is 5.32 Å². The molecule has 1 atom stereocenters. The Hall–Kier alpha value is -1.56. The van der Waals surface area contributed by atoms with Gasteiger partial charge in [-0.25, -0.2) is 4.39 Å². The van der Waals surface area contributed by atoms with Gasteiger partial charge in [0.15, 0.2) is 0 Å². The minimum atomic E-state index is -0.708. The molecule has 1 saturated carbocycles. The highest BCUT2D eigenvalue weighted by atomic mass is 32.2. The topological polar surface area (TPSA) is 49.4 Å². The fraction of sp³-hybridized carbons (Fsp3) is 0.636. The third-order valence-electron chi connectivity index (χ3n) is 6.51. The van der Waals surface area contributed by atoms with Gasteiger partial charge in [-0.15, -0.1) is 0 Å². The smallest absolute Gasteiger partial charge is 0.230 e. The van der Waals surface area contributed by atoms with Crippen LogP contribution in [0.25, 0.3) is 0 Å². The van der Waals surface area contributed by atoms with Gasteiger partial charge in [0.2, 0.25) is 11.8 Å². The van der Waals surface area contributed by atoms with Gasteiger partial charge in [-0.05, 0) is 49.0 Å². The van der Waals surface area contributed by atoms with Crippen LogP contribution >= 0.6 is 11.8 Å². The van der Waals surface area contributed by atoms with E-state index in [1.165, 1.54) is 18.9 Å². The van der Waals surface area contributed by atoms with E-state index in [9.17, 15) is 14.0 Å². The molecule has 1 N–H and O–H groups in total. The van der Waals surface area contributed by atoms with Crippen LogP contribution in [0.4, 0.5) is 4.39 Å². The van der Waals surface area contributed by atoms with Gasteiger partial charge >= 0.3 is 0 Å². The molecule has 4 rings (SSSR count). The molecule has 2 heterocycles. The quantitative estimate of drug-likeness (QED) is 0.791. The molecule has 1 aromatic carbocycles. The molecule has 28 heavy (non-hydrogen) atoms. The highest BCUT2D eigenvalue weighted by molar-refractivity contribution is 7.99. The van der Waals surface area contributed by atoms with Crippen molar-refractivity contribution in [1.82, 2.24) is 10.2 Å². The van der Waals surface area contributed by atoms with Crippen LogP contribution in [-0.4, -0.2) is 47.4 Å². The van der Waals surface area contributed by atoms with Crippen LogP contribution in [-0.2, 0) is 16.0 Å². The summed E-state index contributed by atoms with van der Waals surface area (Å²) in [5, 5.41) is 3.17. The van der Waals surface area contributed by atoms with Crippen molar-refractivity contribution < 1.29 is 14.0 Å². The number of halogens is 1. The molecule has 0 aromatic heterocycles. The number of thioether (sulfide) groups is 1. The number of hydrogen-bond acceptors (Lipinski definition) is 3. The van der Waals surface area contributed by atoms with Crippen molar-refractivity contribution in [2.75, 3.05) is 24.6 Å². The third-order valence-corrected chi connectivity index (χ3v) is 7.67. The summed E-state index contributed by atoms with van der Waals surface area (Å²) >= 11 is 1.85. The number of likely N-dealkylation sites (tertiary alicyclic amines) is 1. The minimum absolute atomic E-state index is 0.0202. The maximum atomic E-state index is 14.3. The largest absolute Gasteiger partial charge is 0.352 e. The van der Waals surface area contributed by atoms with Gasteiger partial charge in [-0.1, -0.05) is 31.0 Å². The van der Waals surface area contributed by atoms with Crippen LogP contribution in [0.15, 0.2) is 24.3 Å². The zero-order valence-electron chi connectivity index (χ0n) is 16.3. The lowest BCUT2D eigenvalue weighted by Gasteiger charge is -2.49. The van der Waals surface area contributed by atoms with Crippen molar-refractivity contribution in [1.29, 1.82) is 0 Å². The maximum Gasteiger partial charge on any atom is 0.230 e. The normalized spacial score (nSPS) is 24.2. The number of carbonyl (C=O) groups excluding carboxylic acids is 2. The predicted octanol–water partition coefficient (Wildman–Crippen LogP) is 3.40. The summed E-state index contributed by atoms with van der Waals surface area (Å²) in [6, 6.07) is 6.85. The molecule has 3 fully saturated rings. The zero-order chi connectivity index (χ0) is 19.6. The van der Waals surface area contributed by atoms with Gasteiger partial charge in [0, 0.05) is 31.3 Å². The molecule has 2 amide bonds. The molecule has 6 heteroatoms. The Labute approximate surface area is 170 Å². The first-order valence-electron chi connectivity index (χ1n) is 10.5. The van der Waals surface area contributed by atoms with Crippen molar-refractivity contribution in [3.63, 3.8) is 0 Å². The fourth-order valence-electron chi connectivity index (χ4n) is 4.78. The summed E-state index contributed by atoms with van der Waals surface area (Å²) in [5.41, 5.74) is -0.151. The lowest BCUT2D eigenvalue weighted by atomic mass is 9.73. The van der Waals surface area contributed by atoms with Crippen molar-refractivity contribution in [2.45, 2.75) is 51.0 Å². The maximum absolute atomic E-state index is 14.3. The lowest BCUT2D eigenvalue weighted by Crippen LogP contribution is -2.66. The highest BCUT2D eigenvalue weighted by Gasteiger charge is 2.51. The summed E-state index contributed by atoms with van der Waals surface area (Å²) in [6.45, 7) is 0.803. The van der Waals surface area contributed by atoms with Crippen LogP contribution in [0.2, 0.25) is 0 Å². The van der Waals surface area contributed by atoms with Gasteiger partial charge < -0.3 is 10.2 Å². The molecule has 1 unspecified atom stereocenters. The summed E-state index contributed by atoms with van der Waals surface area (Å²) in [5.74, 6) is 2.36. The van der Waals surface area contributed by atoms with E-state index in [4.69, 9.17) is 0 Å². The Morgan fingerprint density at radius 1 is 1.18 bits per heavy atom. The molecule has 4 nitrogen and oxygen atoms in total. The van der Waals surface area contributed by atoms with Gasteiger partial charge in [0.25, 0.3) is 0 Å². The summed E-state index contributed by atoms with van der Waals surface area (Å²) in [4.78, 5) is 27.6. The number of nitrogens with zero attached hydrogens (tertiary/aromatic N) is 1. The van der Waals surface area contributed by atoms with E-state index in [1.807, 2.05) is 16.7 Å². The molecule has 1 aliphatic carbocycles. The lowest BCUT2D eigenvalue weighted by molar-refractivity contribution is -0.154. The van der Waals surface area contributed by atoms with E-state index in [1.54, 1.807) is 18.2 Å². The number of nitrogens with one attached hydrogen (secondary N) is 1. The van der Waals surface area contributed by atoms with Crippen molar-refractivity contribution in [3.8, 4) is 0 Å². The molecule has 0 radical (unpaired) electrons. The van der Waals surface area contributed by atoms with E-state index in [2.05, 4.69) is 5.32 Å². The van der Waals surface area contributed by atoms with Crippen LogP contribution in [0.1, 0.15) is 44.1 Å². The van der Waals surface area contributed by atoms with Gasteiger partial charge in [0.1, 0.15) is 5.82 Å². The zero-order valence-corrected chi connectivity index (χ0v) is 17.1. The first-order valence-corrected chi connectivity index (χ1v) is 11.6. The van der Waals surface area contributed by atoms with E-state index >= 15 is 0 Å². The molecule has 3 aliphatic rings. The molecule has 2 saturated heterocycles. The average Bonchev–Trinajstić information content (AvgIpc) is 3.33. The first-order chi connectivity index (χ1) is 13.6. The number of amides is 2. The standard InChI is InChI=1S/C22H29FN2O2S/c23-19-8-4-3-7-17(19)12-22(21(27)24-18-9-10-28-13-18)14-25(15-22)20(26)11-16-5-1-2-6-16/h3-4,7-8,16,18H,1-2,5-6,9-15H2,(H,24,27). The Morgan fingerprint density at radius 2 is 1.93 bits per heavy atom. The molecule has 1 aromatic rings. The third kappa shape index (κ3) is 4.22. The summed E-state index contributed by atoms with van der Waals surface area (Å²) in [7, 11) is 0. The van der Waals surface area contributed by atoms with E-state index < -0.39 is 5.41 Å². The van der Waals surface area contributed by atoms with E-state index in [-0.39, 0.29) is 23.7 Å². The highest BCUT2D eigenvalue weighted by Crippen LogP contribution is 2.38. The molecular weight excluding hydrogens is 375 g/mol. The van der Waals surface area contributed by atoms with Crippen molar-refractivity contribution in [3.05, 3.63) is 35.6 Å². The van der Waals surface area contributed by atoms with Gasteiger partial charge in [-0.2, -0.15) is 11.8 Å². The molecule has 0 spiro atoms. The second kappa shape index (κ2) is 8.44. The number of hydrogen-bond donors (Lipinski definition) is 1. The van der Waals surface area contributed by atoms with Crippen LogP contribution in [0, 0.1) is 17.2 Å². The monoisotopic (exact) mass is 404 g/mol. The van der Waals surface area contributed by atoms with Crippen LogP contribution in [0.3, 0.4) is 0 Å². The molecule has 152 valence electrons. The second-order valence-corrected chi connectivity index (χ2v) is 9.84. The van der Waals surface area contributed by atoms with Gasteiger partial charge in [-0.3, -0.25) is 9.59 Å².